The predicted molar refractivity (Wildman–Crippen MR) is 127 cm³/mol. The van der Waals surface area contributed by atoms with E-state index in [1.54, 1.807) is 36.4 Å². The third kappa shape index (κ3) is 5.16. The Kier molecular flexibility index (Phi) is 6.76. The molecule has 0 N–H and O–H groups in total. The van der Waals surface area contributed by atoms with Crippen LogP contribution in [0.15, 0.2) is 77.7 Å². The van der Waals surface area contributed by atoms with E-state index in [0.29, 0.717) is 21.7 Å². The molecular weight excluding hydrogens is 480 g/mol. The largest absolute Gasteiger partial charge is 0.422 e. The number of hydrogen-bond donors (Lipinski definition) is 0. The second-order valence-corrected chi connectivity index (χ2v) is 8.56. The van der Waals surface area contributed by atoms with E-state index in [1.807, 2.05) is 0 Å². The van der Waals surface area contributed by atoms with Gasteiger partial charge in [-0.2, -0.15) is 0 Å². The summed E-state index contributed by atoms with van der Waals surface area (Å²) in [5, 5.41) is 10.8. The Balaban J connectivity index is 1.52. The molecule has 1 aliphatic rings. The standard InChI is InChI=1S/C24H15ClN2O6S/c25-18-9-7-16(8-10-18)23(29)33-20-4-2-1-3-17(20)13-21-22(28)26(24(30)34-21)14-15-5-11-19(12-6-15)27(31)32/h1-13H,14H2/b21-13-. The van der Waals surface area contributed by atoms with Crippen LogP contribution >= 0.6 is 23.4 Å². The zero-order valence-corrected chi connectivity index (χ0v) is 18.9. The summed E-state index contributed by atoms with van der Waals surface area (Å²) < 4.78 is 5.50. The van der Waals surface area contributed by atoms with E-state index in [1.165, 1.54) is 42.5 Å². The monoisotopic (exact) mass is 494 g/mol. The van der Waals surface area contributed by atoms with Crippen LogP contribution in [0.3, 0.4) is 0 Å². The summed E-state index contributed by atoms with van der Waals surface area (Å²) in [7, 11) is 0. The van der Waals surface area contributed by atoms with Crippen molar-refractivity contribution in [2.75, 3.05) is 0 Å². The molecule has 170 valence electrons. The summed E-state index contributed by atoms with van der Waals surface area (Å²) in [5.74, 6) is -0.874. The predicted octanol–water partition coefficient (Wildman–Crippen LogP) is 5.70. The summed E-state index contributed by atoms with van der Waals surface area (Å²) in [6.07, 6.45) is 1.49. The van der Waals surface area contributed by atoms with Gasteiger partial charge in [0.2, 0.25) is 0 Å². The Morgan fingerprint density at radius 2 is 1.71 bits per heavy atom. The highest BCUT2D eigenvalue weighted by Gasteiger charge is 2.35. The summed E-state index contributed by atoms with van der Waals surface area (Å²) in [5.41, 5.74) is 1.25. The quantitative estimate of drug-likeness (QED) is 0.142. The van der Waals surface area contributed by atoms with Gasteiger partial charge in [0.25, 0.3) is 16.8 Å². The Morgan fingerprint density at radius 1 is 1.03 bits per heavy atom. The first-order valence-corrected chi connectivity index (χ1v) is 11.1. The molecule has 0 radical (unpaired) electrons. The number of halogens is 1. The van der Waals surface area contributed by atoms with Crippen molar-refractivity contribution in [3.63, 3.8) is 0 Å². The number of rotatable bonds is 6. The number of non-ortho nitro benzene ring substituents is 1. The fourth-order valence-corrected chi connectivity index (χ4v) is 4.08. The SMILES string of the molecule is O=C(Oc1ccccc1/C=C1\SC(=O)N(Cc2ccc([N+](=O)[O-])cc2)C1=O)c1ccc(Cl)cc1. The fourth-order valence-electron chi connectivity index (χ4n) is 3.12. The minimum Gasteiger partial charge on any atom is -0.422 e. The average Bonchev–Trinajstić information content (AvgIpc) is 3.08. The molecule has 0 unspecified atom stereocenters. The van der Waals surface area contributed by atoms with Crippen molar-refractivity contribution in [2.45, 2.75) is 6.54 Å². The molecular formula is C24H15ClN2O6S. The van der Waals surface area contributed by atoms with Crippen molar-refractivity contribution in [1.82, 2.24) is 4.90 Å². The van der Waals surface area contributed by atoms with Crippen molar-refractivity contribution in [3.8, 4) is 5.75 Å². The number of nitro benzene ring substituents is 1. The van der Waals surface area contributed by atoms with Crippen LogP contribution in [0.4, 0.5) is 10.5 Å². The number of nitrogens with zero attached hydrogens (tertiary/aromatic N) is 2. The fraction of sp³-hybridized carbons (Fsp3) is 0.0417. The molecule has 0 aliphatic carbocycles. The topological polar surface area (TPSA) is 107 Å². The number of carbonyl (C=O) groups excluding carboxylic acids is 3. The molecule has 0 atom stereocenters. The Labute approximate surface area is 202 Å². The smallest absolute Gasteiger partial charge is 0.343 e. The van der Waals surface area contributed by atoms with Gasteiger partial charge >= 0.3 is 5.97 Å². The number of imide groups is 1. The molecule has 34 heavy (non-hydrogen) atoms. The highest BCUT2D eigenvalue weighted by Crippen LogP contribution is 2.35. The number of hydrogen-bond acceptors (Lipinski definition) is 7. The van der Waals surface area contributed by atoms with Crippen molar-refractivity contribution < 1.29 is 24.0 Å². The zero-order valence-electron chi connectivity index (χ0n) is 17.3. The summed E-state index contributed by atoms with van der Waals surface area (Å²) in [4.78, 5) is 49.3. The van der Waals surface area contributed by atoms with Crippen LogP contribution < -0.4 is 4.74 Å². The molecule has 0 spiro atoms. The number of amides is 2. The highest BCUT2D eigenvalue weighted by molar-refractivity contribution is 8.18. The maximum atomic E-state index is 12.9. The van der Waals surface area contributed by atoms with Crippen LogP contribution in [0.25, 0.3) is 6.08 Å². The molecule has 8 nitrogen and oxygen atoms in total. The number of para-hydroxylation sites is 1. The van der Waals surface area contributed by atoms with Gasteiger partial charge in [0, 0.05) is 22.7 Å². The van der Waals surface area contributed by atoms with Gasteiger partial charge in [-0.15, -0.1) is 0 Å². The first-order chi connectivity index (χ1) is 16.3. The maximum absolute atomic E-state index is 12.9. The van der Waals surface area contributed by atoms with Crippen LogP contribution in [0.2, 0.25) is 5.02 Å². The minimum atomic E-state index is -0.594. The van der Waals surface area contributed by atoms with E-state index in [0.717, 1.165) is 16.7 Å². The maximum Gasteiger partial charge on any atom is 0.343 e. The molecule has 1 saturated heterocycles. The lowest BCUT2D eigenvalue weighted by molar-refractivity contribution is -0.384. The Bertz CT molecular complexity index is 1320. The molecule has 0 bridgehead atoms. The number of esters is 1. The molecule has 3 aromatic carbocycles. The lowest BCUT2D eigenvalue weighted by atomic mass is 10.1. The van der Waals surface area contributed by atoms with Crippen molar-refractivity contribution in [3.05, 3.63) is 110 Å². The number of nitro groups is 1. The van der Waals surface area contributed by atoms with Gasteiger partial charge in [-0.3, -0.25) is 24.6 Å². The molecule has 2 amide bonds. The van der Waals surface area contributed by atoms with Crippen LogP contribution in [-0.4, -0.2) is 26.9 Å². The van der Waals surface area contributed by atoms with Gasteiger partial charge in [-0.1, -0.05) is 41.9 Å². The van der Waals surface area contributed by atoms with E-state index in [2.05, 4.69) is 0 Å². The third-order valence-electron chi connectivity index (χ3n) is 4.85. The number of carbonyl (C=O) groups is 3. The number of thioether (sulfide) groups is 1. The lowest BCUT2D eigenvalue weighted by Crippen LogP contribution is -2.27. The third-order valence-corrected chi connectivity index (χ3v) is 6.01. The highest BCUT2D eigenvalue weighted by atomic mass is 35.5. The molecule has 1 heterocycles. The van der Waals surface area contributed by atoms with Gasteiger partial charge in [-0.05, 0) is 53.7 Å². The van der Waals surface area contributed by atoms with Crippen molar-refractivity contribution in [1.29, 1.82) is 0 Å². The second-order valence-electron chi connectivity index (χ2n) is 7.13. The van der Waals surface area contributed by atoms with E-state index in [-0.39, 0.29) is 22.9 Å². The number of ether oxygens (including phenoxy) is 1. The second kappa shape index (κ2) is 9.90. The van der Waals surface area contributed by atoms with Crippen LogP contribution in [0.1, 0.15) is 21.5 Å². The molecule has 1 fully saturated rings. The summed E-state index contributed by atoms with van der Waals surface area (Å²) in [6, 6.07) is 18.5. The zero-order chi connectivity index (χ0) is 24.2. The van der Waals surface area contributed by atoms with Crippen molar-refractivity contribution >= 4 is 52.2 Å². The Morgan fingerprint density at radius 3 is 2.38 bits per heavy atom. The first kappa shape index (κ1) is 23.2. The van der Waals surface area contributed by atoms with Gasteiger partial charge in [0.05, 0.1) is 21.9 Å². The lowest BCUT2D eigenvalue weighted by Gasteiger charge is -2.12. The molecule has 0 saturated carbocycles. The van der Waals surface area contributed by atoms with Crippen LogP contribution in [0, 0.1) is 10.1 Å². The van der Waals surface area contributed by atoms with Gasteiger partial charge in [0.1, 0.15) is 5.75 Å². The number of benzene rings is 3. The van der Waals surface area contributed by atoms with Gasteiger partial charge in [0.15, 0.2) is 0 Å². The summed E-state index contributed by atoms with van der Waals surface area (Å²) in [6.45, 7) is -0.0206. The average molecular weight is 495 g/mol. The van der Waals surface area contributed by atoms with E-state index < -0.39 is 22.0 Å². The molecule has 1 aliphatic heterocycles. The molecule has 0 aromatic heterocycles. The summed E-state index contributed by atoms with van der Waals surface area (Å²) >= 11 is 6.62. The van der Waals surface area contributed by atoms with E-state index >= 15 is 0 Å². The van der Waals surface area contributed by atoms with Crippen molar-refractivity contribution in [2.24, 2.45) is 0 Å². The van der Waals surface area contributed by atoms with Crippen LogP contribution in [-0.2, 0) is 11.3 Å². The molecule has 4 rings (SSSR count). The Hall–Kier alpha value is -3.95. The molecule has 3 aromatic rings. The first-order valence-electron chi connectivity index (χ1n) is 9.87. The normalized spacial score (nSPS) is 14.5. The van der Waals surface area contributed by atoms with Crippen LogP contribution in [0.5, 0.6) is 5.75 Å². The van der Waals surface area contributed by atoms with Gasteiger partial charge in [-0.25, -0.2) is 4.79 Å². The molecule has 10 heteroatoms. The minimum absolute atomic E-state index is 0.0206. The van der Waals surface area contributed by atoms with E-state index in [4.69, 9.17) is 16.3 Å². The van der Waals surface area contributed by atoms with Gasteiger partial charge < -0.3 is 4.74 Å². The van der Waals surface area contributed by atoms with E-state index in [9.17, 15) is 24.5 Å².